The molecule has 0 radical (unpaired) electrons. The van der Waals surface area contributed by atoms with Gasteiger partial charge >= 0.3 is 11.9 Å². The van der Waals surface area contributed by atoms with Crippen LogP contribution in [0.25, 0.3) is 22.0 Å². The minimum Gasteiger partial charge on any atom is -0.497 e. The number of halogens is 1. The van der Waals surface area contributed by atoms with Gasteiger partial charge in [-0.25, -0.2) is 4.98 Å². The zero-order chi connectivity index (χ0) is 40.2. The zero-order valence-electron chi connectivity index (χ0n) is 30.9. The minimum absolute atomic E-state index is 0.190. The summed E-state index contributed by atoms with van der Waals surface area (Å²) in [5.41, 5.74) is 5.25. The second kappa shape index (κ2) is 19.0. The highest BCUT2D eigenvalue weighted by atomic mass is 35.5. The number of nitrogens with one attached hydrogen (secondary N) is 2. The molecule has 2 atom stereocenters. The molecular weight excluding hydrogens is 734 g/mol. The van der Waals surface area contributed by atoms with Crippen LogP contribution in [0, 0.1) is 6.92 Å². The molecule has 0 aliphatic rings. The van der Waals surface area contributed by atoms with Crippen LogP contribution in [0.3, 0.4) is 0 Å². The van der Waals surface area contributed by atoms with Gasteiger partial charge in [0.25, 0.3) is 11.8 Å². The number of carbonyl (C=O) groups is 4. The molecule has 56 heavy (non-hydrogen) atoms. The number of aromatic nitrogens is 1. The maximum Gasteiger partial charge on any atom is 0.305 e. The lowest BCUT2D eigenvalue weighted by atomic mass is 9.97. The lowest BCUT2D eigenvalue weighted by Gasteiger charge is -2.20. The van der Waals surface area contributed by atoms with Crippen LogP contribution in [0.15, 0.2) is 127 Å². The fourth-order valence-corrected chi connectivity index (χ4v) is 6.35. The number of carboxylic acid groups (broad SMARTS) is 2. The van der Waals surface area contributed by atoms with Gasteiger partial charge in [0, 0.05) is 21.5 Å². The van der Waals surface area contributed by atoms with Crippen molar-refractivity contribution in [3.8, 4) is 22.6 Å². The first-order valence-corrected chi connectivity index (χ1v) is 17.9. The molecular formula is C44H40ClN3O8. The zero-order valence-corrected chi connectivity index (χ0v) is 31.6. The number of carboxylic acids is 2. The Labute approximate surface area is 328 Å². The normalized spacial score (nSPS) is 11.6. The van der Waals surface area contributed by atoms with E-state index in [0.29, 0.717) is 33.2 Å². The van der Waals surface area contributed by atoms with E-state index in [1.807, 2.05) is 67.6 Å². The first-order chi connectivity index (χ1) is 27.0. The van der Waals surface area contributed by atoms with Gasteiger partial charge in [-0.05, 0) is 77.7 Å². The number of methoxy groups -OCH3 is 2. The number of benzene rings is 5. The fraction of sp³-hybridized carbons (Fsp3) is 0.159. The van der Waals surface area contributed by atoms with Crippen LogP contribution >= 0.6 is 11.6 Å². The molecule has 6 rings (SSSR count). The second-order valence-corrected chi connectivity index (χ2v) is 13.1. The third kappa shape index (κ3) is 10.5. The molecule has 1 unspecified atom stereocenters. The Hall–Kier alpha value is -6.72. The number of pyridine rings is 1. The predicted octanol–water partition coefficient (Wildman–Crippen LogP) is 8.46. The quantitative estimate of drug-likeness (QED) is 0.0902. The molecule has 4 N–H and O–H groups in total. The van der Waals surface area contributed by atoms with Crippen LogP contribution in [0.2, 0.25) is 5.02 Å². The van der Waals surface area contributed by atoms with E-state index in [-0.39, 0.29) is 24.4 Å². The maximum atomic E-state index is 13.0. The van der Waals surface area contributed by atoms with E-state index in [2.05, 4.69) is 15.6 Å². The highest BCUT2D eigenvalue weighted by Crippen LogP contribution is 2.31. The molecule has 11 nitrogen and oxygen atoms in total. The first kappa shape index (κ1) is 40.5. The van der Waals surface area contributed by atoms with E-state index in [9.17, 15) is 29.4 Å². The van der Waals surface area contributed by atoms with Crippen molar-refractivity contribution in [1.29, 1.82) is 0 Å². The number of hydrogen-bond acceptors (Lipinski definition) is 7. The third-order valence-corrected chi connectivity index (χ3v) is 9.23. The molecule has 12 heteroatoms. The van der Waals surface area contributed by atoms with Gasteiger partial charge in [0.1, 0.15) is 17.2 Å². The number of rotatable bonds is 13. The van der Waals surface area contributed by atoms with Gasteiger partial charge in [0.05, 0.1) is 44.7 Å². The summed E-state index contributed by atoms with van der Waals surface area (Å²) in [6.07, 6.45) is -0.488. The fourth-order valence-electron chi connectivity index (χ4n) is 6.09. The molecule has 0 bridgehead atoms. The predicted molar refractivity (Wildman–Crippen MR) is 214 cm³/mol. The SMILES string of the molecule is COc1ccc(C(=O)N[C@@H](CC(=O)O)c2ccccc2C)cc1-c1ccccc1.COc1ccc2nc(C(=O)NC(CC(=O)O)c3ccccc3Cl)ccc2c1. The smallest absolute Gasteiger partial charge is 0.305 e. The van der Waals surface area contributed by atoms with Crippen LogP contribution in [-0.4, -0.2) is 53.2 Å². The Bertz CT molecular complexity index is 2350. The van der Waals surface area contributed by atoms with Gasteiger partial charge in [-0.3, -0.25) is 19.2 Å². The number of amides is 2. The topological polar surface area (TPSA) is 164 Å². The summed E-state index contributed by atoms with van der Waals surface area (Å²) in [7, 11) is 3.16. The summed E-state index contributed by atoms with van der Waals surface area (Å²) in [6, 6.07) is 36.4. The lowest BCUT2D eigenvalue weighted by molar-refractivity contribution is -0.138. The van der Waals surface area contributed by atoms with Gasteiger partial charge in [-0.2, -0.15) is 0 Å². The van der Waals surface area contributed by atoms with Crippen LogP contribution in [-0.2, 0) is 9.59 Å². The van der Waals surface area contributed by atoms with Crippen molar-refractivity contribution >= 4 is 46.3 Å². The molecule has 1 aromatic heterocycles. The van der Waals surface area contributed by atoms with Gasteiger partial charge in [-0.15, -0.1) is 0 Å². The Kier molecular flexibility index (Phi) is 13.8. The van der Waals surface area contributed by atoms with Crippen LogP contribution in [0.5, 0.6) is 11.5 Å². The van der Waals surface area contributed by atoms with E-state index in [0.717, 1.165) is 27.6 Å². The van der Waals surface area contributed by atoms with Crippen molar-refractivity contribution in [3.05, 3.63) is 160 Å². The van der Waals surface area contributed by atoms with Gasteiger partial charge in [0.2, 0.25) is 0 Å². The van der Waals surface area contributed by atoms with Crippen molar-refractivity contribution in [2.45, 2.75) is 31.8 Å². The van der Waals surface area contributed by atoms with Crippen molar-refractivity contribution in [1.82, 2.24) is 15.6 Å². The second-order valence-electron chi connectivity index (χ2n) is 12.7. The molecule has 0 aliphatic heterocycles. The Balaban J connectivity index is 0.000000215. The number of carbonyl (C=O) groups excluding carboxylic acids is 2. The molecule has 286 valence electrons. The molecule has 6 aromatic rings. The molecule has 5 aromatic carbocycles. The molecule has 0 fully saturated rings. The molecule has 0 saturated carbocycles. The Morgan fingerprint density at radius 3 is 1.95 bits per heavy atom. The number of fused-ring (bicyclic) bond motifs is 1. The number of hydrogen-bond donors (Lipinski definition) is 4. The molecule has 2 amide bonds. The van der Waals surface area contributed by atoms with Gasteiger partial charge in [-0.1, -0.05) is 90.5 Å². The van der Waals surface area contributed by atoms with E-state index in [4.69, 9.17) is 21.1 Å². The van der Waals surface area contributed by atoms with Gasteiger partial charge in [0.15, 0.2) is 0 Å². The summed E-state index contributed by atoms with van der Waals surface area (Å²) in [6.45, 7) is 1.90. The van der Waals surface area contributed by atoms with Crippen molar-refractivity contribution < 1.29 is 38.9 Å². The Morgan fingerprint density at radius 2 is 1.30 bits per heavy atom. The van der Waals surface area contributed by atoms with Crippen molar-refractivity contribution in [2.75, 3.05) is 14.2 Å². The van der Waals surface area contributed by atoms with Gasteiger partial charge < -0.3 is 30.3 Å². The summed E-state index contributed by atoms with van der Waals surface area (Å²) in [5, 5.41) is 25.3. The molecule has 0 spiro atoms. The van der Waals surface area contributed by atoms with Crippen molar-refractivity contribution in [3.63, 3.8) is 0 Å². The monoisotopic (exact) mass is 773 g/mol. The van der Waals surface area contributed by atoms with Crippen LogP contribution in [0.4, 0.5) is 0 Å². The van der Waals surface area contributed by atoms with Crippen molar-refractivity contribution in [2.24, 2.45) is 0 Å². The van der Waals surface area contributed by atoms with Crippen LogP contribution in [0.1, 0.15) is 62.5 Å². The molecule has 0 saturated heterocycles. The van der Waals surface area contributed by atoms with E-state index in [1.54, 1.807) is 80.9 Å². The molecule has 1 heterocycles. The number of nitrogens with zero attached hydrogens (tertiary/aromatic N) is 1. The standard InChI is InChI=1S/C24H23NO4.C20H17ClN2O4/c1-16-8-6-7-11-19(16)21(15-23(26)27)25-24(28)18-12-13-22(29-2)20(14-18)17-9-4-3-5-10-17;1-27-13-7-9-16-12(10-13)6-8-17(22-16)20(26)23-18(11-19(24)25)14-4-2-3-5-15(14)21/h3-14,21H,15H2,1-2H3,(H,25,28)(H,26,27);2-10,18H,11H2,1H3,(H,23,26)(H,24,25)/t21-;/m0./s1. The third-order valence-electron chi connectivity index (χ3n) is 8.89. The first-order valence-electron chi connectivity index (χ1n) is 17.5. The summed E-state index contributed by atoms with van der Waals surface area (Å²) >= 11 is 6.17. The largest absolute Gasteiger partial charge is 0.497 e. The number of ether oxygens (including phenoxy) is 2. The average molecular weight is 774 g/mol. The van der Waals surface area contributed by atoms with Crippen LogP contribution < -0.4 is 20.1 Å². The number of aryl methyl sites for hydroxylation is 1. The summed E-state index contributed by atoms with van der Waals surface area (Å²) in [5.74, 6) is -1.47. The highest BCUT2D eigenvalue weighted by Gasteiger charge is 2.23. The van der Waals surface area contributed by atoms with E-state index >= 15 is 0 Å². The maximum absolute atomic E-state index is 13.0. The molecule has 0 aliphatic carbocycles. The highest BCUT2D eigenvalue weighted by molar-refractivity contribution is 6.31. The lowest BCUT2D eigenvalue weighted by Crippen LogP contribution is -2.31. The summed E-state index contributed by atoms with van der Waals surface area (Å²) in [4.78, 5) is 52.6. The Morgan fingerprint density at radius 1 is 0.679 bits per heavy atom. The van der Waals surface area contributed by atoms with E-state index in [1.165, 1.54) is 0 Å². The van der Waals surface area contributed by atoms with E-state index < -0.39 is 29.9 Å². The average Bonchev–Trinajstić information content (AvgIpc) is 3.20. The number of aliphatic carboxylic acids is 2. The summed E-state index contributed by atoms with van der Waals surface area (Å²) < 4.78 is 10.6. The minimum atomic E-state index is -1.04.